The maximum Gasteiger partial charge on any atom is 0.240 e. The number of hydrogen-bond acceptors (Lipinski definition) is 4. The van der Waals surface area contributed by atoms with Crippen LogP contribution in [0.2, 0.25) is 10.0 Å². The Labute approximate surface area is 160 Å². The van der Waals surface area contributed by atoms with Gasteiger partial charge in [0.05, 0.1) is 16.3 Å². The Bertz CT molecular complexity index is 790. The normalized spacial score (nSPS) is 10.8. The maximum absolute atomic E-state index is 11.8. The molecule has 25 heavy (non-hydrogen) atoms. The molecule has 2 N–H and O–H groups in total. The zero-order valence-corrected chi connectivity index (χ0v) is 15.8. The quantitative estimate of drug-likeness (QED) is 0.528. The predicted octanol–water partition coefficient (Wildman–Crippen LogP) is 4.62. The molecule has 0 saturated heterocycles. The molecule has 1 heterocycles. The van der Waals surface area contributed by atoms with Crippen molar-refractivity contribution in [3.05, 3.63) is 50.1 Å². The van der Waals surface area contributed by atoms with Crippen molar-refractivity contribution < 1.29 is 9.59 Å². The van der Waals surface area contributed by atoms with E-state index in [1.807, 2.05) is 18.4 Å². The minimum Gasteiger partial charge on any atom is -0.326 e. The Kier molecular flexibility index (Phi) is 7.43. The summed E-state index contributed by atoms with van der Waals surface area (Å²) in [5, 5.41) is 9.39. The summed E-state index contributed by atoms with van der Waals surface area (Å²) >= 11 is 13.3. The Hall–Kier alpha value is -1.89. The number of halogens is 2. The highest BCUT2D eigenvalue weighted by atomic mass is 35.5. The molecule has 2 aromatic rings. The smallest absolute Gasteiger partial charge is 0.240 e. The Morgan fingerprint density at radius 1 is 1.16 bits per heavy atom. The highest BCUT2D eigenvalue weighted by Crippen LogP contribution is 2.25. The highest BCUT2D eigenvalue weighted by molar-refractivity contribution is 7.11. The number of amides is 2. The average molecular weight is 398 g/mol. The predicted molar refractivity (Wildman–Crippen MR) is 104 cm³/mol. The van der Waals surface area contributed by atoms with Gasteiger partial charge in [0.25, 0.3) is 0 Å². The van der Waals surface area contributed by atoms with Gasteiger partial charge in [-0.25, -0.2) is 5.43 Å². The van der Waals surface area contributed by atoms with Gasteiger partial charge in [-0.05, 0) is 48.6 Å². The standard InChI is InChI=1S/C17H17Cl2N3O2S/c1-11-7-8-25-15(11)10-20-22-17(24)4-2-3-16(23)21-12-5-6-13(18)14(19)9-12/h5-10H,2-4H2,1H3,(H,21,23)(H,22,24)/b20-10-. The Morgan fingerprint density at radius 3 is 2.60 bits per heavy atom. The van der Waals surface area contributed by atoms with Crippen LogP contribution in [0, 0.1) is 6.92 Å². The summed E-state index contributed by atoms with van der Waals surface area (Å²) in [6.07, 6.45) is 2.48. The van der Waals surface area contributed by atoms with E-state index in [-0.39, 0.29) is 24.7 Å². The molecule has 0 spiro atoms. The Morgan fingerprint density at radius 2 is 1.92 bits per heavy atom. The first-order chi connectivity index (χ1) is 12.0. The lowest BCUT2D eigenvalue weighted by atomic mass is 10.2. The fourth-order valence-corrected chi connectivity index (χ4v) is 3.03. The molecule has 1 aromatic heterocycles. The first-order valence-corrected chi connectivity index (χ1v) is 9.20. The zero-order valence-electron chi connectivity index (χ0n) is 13.5. The molecule has 0 atom stereocenters. The van der Waals surface area contributed by atoms with Crippen molar-refractivity contribution in [2.24, 2.45) is 5.10 Å². The number of benzene rings is 1. The van der Waals surface area contributed by atoms with E-state index in [2.05, 4.69) is 15.8 Å². The number of thiophene rings is 1. The topological polar surface area (TPSA) is 70.6 Å². The molecule has 0 unspecified atom stereocenters. The number of nitrogens with one attached hydrogen (secondary N) is 2. The minimum atomic E-state index is -0.229. The third-order valence-electron chi connectivity index (χ3n) is 3.28. The maximum atomic E-state index is 11.8. The van der Waals surface area contributed by atoms with E-state index >= 15 is 0 Å². The molecule has 5 nitrogen and oxygen atoms in total. The molecule has 8 heteroatoms. The molecular weight excluding hydrogens is 381 g/mol. The number of hydrogen-bond donors (Lipinski definition) is 2. The van der Waals surface area contributed by atoms with E-state index in [0.29, 0.717) is 22.2 Å². The number of carbonyl (C=O) groups is 2. The van der Waals surface area contributed by atoms with Gasteiger partial charge in [0.2, 0.25) is 11.8 Å². The van der Waals surface area contributed by atoms with Crippen molar-refractivity contribution in [3.8, 4) is 0 Å². The van der Waals surface area contributed by atoms with Crippen molar-refractivity contribution in [3.63, 3.8) is 0 Å². The second kappa shape index (κ2) is 9.56. The van der Waals surface area contributed by atoms with Crippen LogP contribution < -0.4 is 10.7 Å². The van der Waals surface area contributed by atoms with Crippen LogP contribution in [0.3, 0.4) is 0 Å². The number of anilines is 1. The van der Waals surface area contributed by atoms with E-state index in [1.54, 1.807) is 35.8 Å². The van der Waals surface area contributed by atoms with Crippen LogP contribution in [-0.4, -0.2) is 18.0 Å². The highest BCUT2D eigenvalue weighted by Gasteiger charge is 2.07. The molecule has 0 saturated carbocycles. The van der Waals surface area contributed by atoms with E-state index in [4.69, 9.17) is 23.2 Å². The Balaban J connectivity index is 1.68. The van der Waals surface area contributed by atoms with Gasteiger partial charge in [0.15, 0.2) is 0 Å². The lowest BCUT2D eigenvalue weighted by Crippen LogP contribution is -2.18. The van der Waals surface area contributed by atoms with Gasteiger partial charge in [-0.2, -0.15) is 5.10 Å². The molecule has 0 aliphatic heterocycles. The van der Waals surface area contributed by atoms with E-state index in [1.165, 1.54) is 0 Å². The molecule has 0 aliphatic carbocycles. The summed E-state index contributed by atoms with van der Waals surface area (Å²) in [5.41, 5.74) is 4.14. The monoisotopic (exact) mass is 397 g/mol. The minimum absolute atomic E-state index is 0.191. The molecule has 2 rings (SSSR count). The van der Waals surface area contributed by atoms with Crippen molar-refractivity contribution in [2.75, 3.05) is 5.32 Å². The first-order valence-electron chi connectivity index (χ1n) is 7.56. The second-order valence-electron chi connectivity index (χ2n) is 5.29. The molecule has 1 aromatic carbocycles. The third kappa shape index (κ3) is 6.49. The van der Waals surface area contributed by atoms with Crippen LogP contribution in [0.25, 0.3) is 0 Å². The number of hydrazone groups is 1. The lowest BCUT2D eigenvalue weighted by molar-refractivity contribution is -0.121. The summed E-state index contributed by atoms with van der Waals surface area (Å²) in [7, 11) is 0. The number of aryl methyl sites for hydroxylation is 1. The molecule has 132 valence electrons. The van der Waals surface area contributed by atoms with Crippen molar-refractivity contribution >= 4 is 58.3 Å². The summed E-state index contributed by atoms with van der Waals surface area (Å²) in [6, 6.07) is 6.84. The average Bonchev–Trinajstić information content (AvgIpc) is 2.96. The van der Waals surface area contributed by atoms with Crippen molar-refractivity contribution in [1.82, 2.24) is 5.43 Å². The lowest BCUT2D eigenvalue weighted by Gasteiger charge is -2.06. The van der Waals surface area contributed by atoms with Gasteiger partial charge in [-0.1, -0.05) is 23.2 Å². The van der Waals surface area contributed by atoms with Gasteiger partial charge in [-0.15, -0.1) is 11.3 Å². The van der Waals surface area contributed by atoms with Gasteiger partial charge in [0.1, 0.15) is 0 Å². The van der Waals surface area contributed by atoms with Crippen LogP contribution in [0.4, 0.5) is 5.69 Å². The summed E-state index contributed by atoms with van der Waals surface area (Å²) < 4.78 is 0. The number of rotatable bonds is 7. The summed E-state index contributed by atoms with van der Waals surface area (Å²) in [5.74, 6) is -0.420. The van der Waals surface area contributed by atoms with Crippen LogP contribution in [-0.2, 0) is 9.59 Å². The molecular formula is C17H17Cl2N3O2S. The van der Waals surface area contributed by atoms with Crippen molar-refractivity contribution in [2.45, 2.75) is 26.2 Å². The van der Waals surface area contributed by atoms with Crippen LogP contribution in [0.15, 0.2) is 34.7 Å². The molecule has 0 fully saturated rings. The third-order valence-corrected chi connectivity index (χ3v) is 4.98. The van der Waals surface area contributed by atoms with E-state index in [9.17, 15) is 9.59 Å². The van der Waals surface area contributed by atoms with Gasteiger partial charge in [0, 0.05) is 23.4 Å². The van der Waals surface area contributed by atoms with Crippen LogP contribution in [0.1, 0.15) is 29.7 Å². The summed E-state index contributed by atoms with van der Waals surface area (Å²) in [6.45, 7) is 1.98. The van der Waals surface area contributed by atoms with Crippen molar-refractivity contribution in [1.29, 1.82) is 0 Å². The fraction of sp³-hybridized carbons (Fsp3) is 0.235. The number of carbonyl (C=O) groups excluding carboxylic acids is 2. The van der Waals surface area contributed by atoms with Crippen LogP contribution in [0.5, 0.6) is 0 Å². The molecule has 0 bridgehead atoms. The number of nitrogens with zero attached hydrogens (tertiary/aromatic N) is 1. The SMILES string of the molecule is Cc1ccsc1/C=N\NC(=O)CCCC(=O)Nc1ccc(Cl)c(Cl)c1. The molecule has 0 aliphatic rings. The second-order valence-corrected chi connectivity index (χ2v) is 7.05. The van der Waals surface area contributed by atoms with Gasteiger partial charge >= 0.3 is 0 Å². The fourth-order valence-electron chi connectivity index (χ4n) is 1.94. The summed E-state index contributed by atoms with van der Waals surface area (Å²) in [4.78, 5) is 24.5. The largest absolute Gasteiger partial charge is 0.326 e. The van der Waals surface area contributed by atoms with E-state index < -0.39 is 0 Å². The van der Waals surface area contributed by atoms with Crippen LogP contribution >= 0.6 is 34.5 Å². The molecule has 0 radical (unpaired) electrons. The van der Waals surface area contributed by atoms with E-state index in [0.717, 1.165) is 10.4 Å². The zero-order chi connectivity index (χ0) is 18.2. The van der Waals surface area contributed by atoms with Gasteiger partial charge < -0.3 is 5.32 Å². The first kappa shape index (κ1) is 19.4. The van der Waals surface area contributed by atoms with Gasteiger partial charge in [-0.3, -0.25) is 9.59 Å². The molecule has 2 amide bonds.